The van der Waals surface area contributed by atoms with Crippen molar-refractivity contribution in [2.75, 3.05) is 34.5 Å². The zero-order valence-corrected chi connectivity index (χ0v) is 22.0. The predicted octanol–water partition coefficient (Wildman–Crippen LogP) is 5.14. The van der Waals surface area contributed by atoms with Gasteiger partial charge in [-0.05, 0) is 62.6 Å². The Labute approximate surface area is 214 Å². The number of carbonyl (C=O) groups excluding carboxylic acids is 1. The van der Waals surface area contributed by atoms with Crippen LogP contribution >= 0.6 is 11.6 Å². The van der Waals surface area contributed by atoms with Gasteiger partial charge in [-0.2, -0.15) is 0 Å². The molecule has 1 aromatic heterocycles. The van der Waals surface area contributed by atoms with Crippen LogP contribution in [0.1, 0.15) is 53.6 Å². The van der Waals surface area contributed by atoms with Gasteiger partial charge in [0.15, 0.2) is 16.9 Å². The van der Waals surface area contributed by atoms with Gasteiger partial charge in [0.25, 0.3) is 5.91 Å². The first-order chi connectivity index (χ1) is 17.2. The minimum atomic E-state index is -0.721. The van der Waals surface area contributed by atoms with E-state index in [1.54, 1.807) is 29.2 Å². The highest BCUT2D eigenvalue weighted by Crippen LogP contribution is 2.45. The third-order valence-electron chi connectivity index (χ3n) is 6.24. The number of amides is 1. The third-order valence-corrected chi connectivity index (χ3v) is 6.65. The maximum atomic E-state index is 13.8. The number of hydrogen-bond acceptors (Lipinski definition) is 7. The first-order valence-electron chi connectivity index (χ1n) is 11.7. The molecule has 0 spiro atoms. The van der Waals surface area contributed by atoms with Crippen molar-refractivity contribution in [2.24, 2.45) is 0 Å². The zero-order valence-electron chi connectivity index (χ0n) is 21.3. The normalized spacial score (nSPS) is 15.1. The van der Waals surface area contributed by atoms with Gasteiger partial charge in [0, 0.05) is 18.2 Å². The fourth-order valence-electron chi connectivity index (χ4n) is 4.53. The Balaban J connectivity index is 1.92. The van der Waals surface area contributed by atoms with Crippen molar-refractivity contribution in [1.82, 2.24) is 4.90 Å². The summed E-state index contributed by atoms with van der Waals surface area (Å²) in [6, 6.07) is 6.05. The molecule has 0 fully saturated rings. The van der Waals surface area contributed by atoms with E-state index in [1.807, 2.05) is 20.8 Å². The highest BCUT2D eigenvalue weighted by molar-refractivity contribution is 6.32. The molecule has 0 aliphatic carbocycles. The van der Waals surface area contributed by atoms with Gasteiger partial charge in [-0.3, -0.25) is 9.59 Å². The molecule has 0 N–H and O–H groups in total. The summed E-state index contributed by atoms with van der Waals surface area (Å²) in [5.74, 6) is 0.912. The number of carbonyl (C=O) groups is 1. The molecular formula is C27H30ClNO7. The monoisotopic (exact) mass is 515 g/mol. The molecule has 1 aliphatic heterocycles. The van der Waals surface area contributed by atoms with E-state index >= 15 is 0 Å². The second kappa shape index (κ2) is 10.4. The van der Waals surface area contributed by atoms with Crippen molar-refractivity contribution in [3.63, 3.8) is 0 Å². The zero-order chi connectivity index (χ0) is 26.1. The van der Waals surface area contributed by atoms with Gasteiger partial charge >= 0.3 is 0 Å². The minimum Gasteiger partial charge on any atom is -0.493 e. The fraction of sp³-hybridized carbons (Fsp3) is 0.407. The highest BCUT2D eigenvalue weighted by Gasteiger charge is 2.43. The van der Waals surface area contributed by atoms with Crippen molar-refractivity contribution in [2.45, 2.75) is 39.3 Å². The van der Waals surface area contributed by atoms with E-state index < -0.39 is 6.04 Å². The van der Waals surface area contributed by atoms with Crippen LogP contribution in [-0.2, 0) is 4.74 Å². The molecule has 1 unspecified atom stereocenters. The highest BCUT2D eigenvalue weighted by atomic mass is 35.5. The molecule has 2 heterocycles. The lowest BCUT2D eigenvalue weighted by Gasteiger charge is -2.26. The number of aryl methyl sites for hydroxylation is 1. The van der Waals surface area contributed by atoms with E-state index in [4.69, 9.17) is 35.0 Å². The average Bonchev–Trinajstić information content (AvgIpc) is 3.13. The quantitative estimate of drug-likeness (QED) is 0.364. The minimum absolute atomic E-state index is 0.0257. The van der Waals surface area contributed by atoms with Crippen molar-refractivity contribution < 1.29 is 28.2 Å². The molecule has 3 aromatic rings. The molecule has 2 aromatic carbocycles. The molecule has 192 valence electrons. The van der Waals surface area contributed by atoms with E-state index in [9.17, 15) is 9.59 Å². The second-order valence-electron chi connectivity index (χ2n) is 8.90. The van der Waals surface area contributed by atoms with E-state index in [0.717, 1.165) is 5.56 Å². The average molecular weight is 516 g/mol. The molecule has 1 aliphatic rings. The molecule has 0 radical (unpaired) electrons. The summed E-state index contributed by atoms with van der Waals surface area (Å²) in [4.78, 5) is 29.1. The van der Waals surface area contributed by atoms with E-state index in [0.29, 0.717) is 58.4 Å². The maximum absolute atomic E-state index is 13.8. The van der Waals surface area contributed by atoms with Crippen LogP contribution in [0.3, 0.4) is 0 Å². The smallest absolute Gasteiger partial charge is 0.290 e. The van der Waals surface area contributed by atoms with Gasteiger partial charge in [-0.1, -0.05) is 11.6 Å². The van der Waals surface area contributed by atoms with Crippen LogP contribution in [0.5, 0.6) is 17.2 Å². The Hall–Kier alpha value is -3.23. The van der Waals surface area contributed by atoms with Crippen LogP contribution in [0, 0.1) is 6.92 Å². The van der Waals surface area contributed by atoms with E-state index in [1.165, 1.54) is 21.3 Å². The molecule has 0 saturated heterocycles. The van der Waals surface area contributed by atoms with Crippen molar-refractivity contribution in [3.8, 4) is 17.2 Å². The van der Waals surface area contributed by atoms with Gasteiger partial charge in [0.2, 0.25) is 11.5 Å². The molecular weight excluding hydrogens is 486 g/mol. The number of benzene rings is 2. The number of halogens is 1. The molecule has 0 bridgehead atoms. The topological polar surface area (TPSA) is 87.4 Å². The summed E-state index contributed by atoms with van der Waals surface area (Å²) in [5.41, 5.74) is 1.66. The lowest BCUT2D eigenvalue weighted by atomic mass is 9.97. The van der Waals surface area contributed by atoms with Gasteiger partial charge in [-0.15, -0.1) is 0 Å². The summed E-state index contributed by atoms with van der Waals surface area (Å²) in [7, 11) is 4.55. The van der Waals surface area contributed by atoms with E-state index in [2.05, 4.69) is 0 Å². The summed E-state index contributed by atoms with van der Waals surface area (Å²) >= 11 is 6.33. The van der Waals surface area contributed by atoms with Crippen LogP contribution in [0.15, 0.2) is 33.5 Å². The lowest BCUT2D eigenvalue weighted by Crippen LogP contribution is -2.31. The molecule has 36 heavy (non-hydrogen) atoms. The number of methoxy groups -OCH3 is 3. The van der Waals surface area contributed by atoms with Gasteiger partial charge in [0.1, 0.15) is 5.58 Å². The number of rotatable bonds is 9. The Kier molecular flexibility index (Phi) is 7.47. The third kappa shape index (κ3) is 4.51. The SMILES string of the molecule is COc1cc(C2c3c(oc4cc(C)c(Cl)cc4c3=O)C(=O)N2CCCOC(C)C)cc(OC)c1OC. The van der Waals surface area contributed by atoms with Crippen molar-refractivity contribution in [1.29, 1.82) is 0 Å². The van der Waals surface area contributed by atoms with Crippen LogP contribution in [0.25, 0.3) is 11.0 Å². The van der Waals surface area contributed by atoms with Crippen molar-refractivity contribution >= 4 is 28.5 Å². The molecule has 1 amide bonds. The standard InChI is InChI=1S/C27H30ClNO7/c1-14(2)35-9-7-8-29-23(16-11-20(32-4)25(34-6)21(12-16)33-5)22-24(30)17-13-18(28)15(3)10-19(17)36-26(22)27(29)31/h10-14,23H,7-9H2,1-6H3. The Morgan fingerprint density at radius 3 is 2.28 bits per heavy atom. The molecule has 1 atom stereocenters. The Morgan fingerprint density at radius 2 is 1.69 bits per heavy atom. The van der Waals surface area contributed by atoms with E-state index in [-0.39, 0.29) is 28.8 Å². The molecule has 4 rings (SSSR count). The number of ether oxygens (including phenoxy) is 4. The lowest BCUT2D eigenvalue weighted by molar-refractivity contribution is 0.0593. The molecule has 9 heteroatoms. The van der Waals surface area contributed by atoms with Crippen LogP contribution in [0.2, 0.25) is 5.02 Å². The van der Waals surface area contributed by atoms with Crippen LogP contribution in [-0.4, -0.2) is 51.4 Å². The summed E-state index contributed by atoms with van der Waals surface area (Å²) in [6.45, 7) is 6.55. The summed E-state index contributed by atoms with van der Waals surface area (Å²) < 4.78 is 28.3. The Bertz CT molecular complexity index is 1340. The molecule has 8 nitrogen and oxygen atoms in total. The molecule has 0 saturated carbocycles. The summed E-state index contributed by atoms with van der Waals surface area (Å²) in [6.07, 6.45) is 0.654. The fourth-order valence-corrected chi connectivity index (χ4v) is 4.69. The van der Waals surface area contributed by atoms with Gasteiger partial charge in [-0.25, -0.2) is 0 Å². The predicted molar refractivity (Wildman–Crippen MR) is 137 cm³/mol. The number of hydrogen-bond donors (Lipinski definition) is 0. The maximum Gasteiger partial charge on any atom is 0.290 e. The van der Waals surface area contributed by atoms with Crippen molar-refractivity contribution in [3.05, 3.63) is 62.0 Å². The first kappa shape index (κ1) is 25.9. The Morgan fingerprint density at radius 1 is 1.03 bits per heavy atom. The second-order valence-corrected chi connectivity index (χ2v) is 9.31. The largest absolute Gasteiger partial charge is 0.493 e. The first-order valence-corrected chi connectivity index (χ1v) is 12.1. The number of nitrogens with zero attached hydrogens (tertiary/aromatic N) is 1. The van der Waals surface area contributed by atoms with Crippen LogP contribution in [0.4, 0.5) is 0 Å². The number of fused-ring (bicyclic) bond motifs is 2. The van der Waals surface area contributed by atoms with Crippen LogP contribution < -0.4 is 19.6 Å². The van der Waals surface area contributed by atoms with Gasteiger partial charge < -0.3 is 28.3 Å². The summed E-state index contributed by atoms with van der Waals surface area (Å²) in [5, 5.41) is 0.769. The van der Waals surface area contributed by atoms with Gasteiger partial charge in [0.05, 0.1) is 44.4 Å².